The summed E-state index contributed by atoms with van der Waals surface area (Å²) < 4.78 is 33.0. The van der Waals surface area contributed by atoms with Crippen LogP contribution in [0.2, 0.25) is 0 Å². The average molecular weight is 292 g/mol. The zero-order chi connectivity index (χ0) is 15.4. The van der Waals surface area contributed by atoms with Gasteiger partial charge in [-0.2, -0.15) is 0 Å². The summed E-state index contributed by atoms with van der Waals surface area (Å²) in [4.78, 5) is 1.57. The lowest BCUT2D eigenvalue weighted by Gasteiger charge is -2.22. The SMILES string of the molecule is CCCOc1cc(N(C)c2ccccc2F)c(N)cc1F. The van der Waals surface area contributed by atoms with E-state index in [1.807, 2.05) is 6.92 Å². The molecule has 2 rings (SSSR count). The van der Waals surface area contributed by atoms with Gasteiger partial charge >= 0.3 is 0 Å². The highest BCUT2D eigenvalue weighted by Gasteiger charge is 2.15. The minimum absolute atomic E-state index is 0.115. The Morgan fingerprint density at radius 2 is 1.81 bits per heavy atom. The number of nitrogen functional groups attached to an aromatic ring is 1. The summed E-state index contributed by atoms with van der Waals surface area (Å²) in [5, 5.41) is 0. The Bertz CT molecular complexity index is 632. The van der Waals surface area contributed by atoms with Gasteiger partial charge in [0.15, 0.2) is 11.6 Å². The van der Waals surface area contributed by atoms with Crippen LogP contribution in [0.5, 0.6) is 5.75 Å². The van der Waals surface area contributed by atoms with Crippen molar-refractivity contribution in [2.45, 2.75) is 13.3 Å². The first kappa shape index (κ1) is 15.1. The van der Waals surface area contributed by atoms with Gasteiger partial charge in [-0.3, -0.25) is 0 Å². The van der Waals surface area contributed by atoms with Crippen LogP contribution in [-0.4, -0.2) is 13.7 Å². The molecule has 0 unspecified atom stereocenters. The van der Waals surface area contributed by atoms with E-state index in [9.17, 15) is 8.78 Å². The number of benzene rings is 2. The first-order valence-corrected chi connectivity index (χ1v) is 6.74. The molecular formula is C16H18F2N2O. The molecule has 0 amide bonds. The molecule has 0 aliphatic rings. The van der Waals surface area contributed by atoms with Crippen LogP contribution in [0.15, 0.2) is 36.4 Å². The molecule has 0 fully saturated rings. The standard InChI is InChI=1S/C16H18F2N2O/c1-3-8-21-16-10-15(13(19)9-12(16)18)20(2)14-7-5-4-6-11(14)17/h4-7,9-10H,3,8,19H2,1-2H3. The number of hydrogen-bond donors (Lipinski definition) is 1. The number of ether oxygens (including phenoxy) is 1. The van der Waals surface area contributed by atoms with Crippen molar-refractivity contribution < 1.29 is 13.5 Å². The van der Waals surface area contributed by atoms with Crippen LogP contribution in [0, 0.1) is 11.6 Å². The summed E-state index contributed by atoms with van der Waals surface area (Å²) in [6.07, 6.45) is 0.766. The maximum Gasteiger partial charge on any atom is 0.167 e. The minimum atomic E-state index is -0.522. The fraction of sp³-hybridized carbons (Fsp3) is 0.250. The molecule has 2 aromatic rings. The molecule has 3 nitrogen and oxygen atoms in total. The number of rotatable bonds is 5. The van der Waals surface area contributed by atoms with Gasteiger partial charge in [-0.25, -0.2) is 8.78 Å². The van der Waals surface area contributed by atoms with Gasteiger partial charge in [-0.05, 0) is 18.6 Å². The van der Waals surface area contributed by atoms with Crippen LogP contribution >= 0.6 is 0 Å². The lowest BCUT2D eigenvalue weighted by Crippen LogP contribution is -2.14. The smallest absolute Gasteiger partial charge is 0.167 e. The molecule has 0 bridgehead atoms. The molecule has 5 heteroatoms. The van der Waals surface area contributed by atoms with Gasteiger partial charge in [-0.1, -0.05) is 19.1 Å². The highest BCUT2D eigenvalue weighted by Crippen LogP contribution is 2.35. The van der Waals surface area contributed by atoms with Crippen molar-refractivity contribution >= 4 is 17.1 Å². The van der Waals surface area contributed by atoms with Crippen molar-refractivity contribution in [1.29, 1.82) is 0 Å². The number of hydrogen-bond acceptors (Lipinski definition) is 3. The molecule has 0 atom stereocenters. The van der Waals surface area contributed by atoms with E-state index in [-0.39, 0.29) is 17.3 Å². The van der Waals surface area contributed by atoms with Crippen LogP contribution < -0.4 is 15.4 Å². The molecular weight excluding hydrogens is 274 g/mol. The topological polar surface area (TPSA) is 38.5 Å². The van der Waals surface area contributed by atoms with Crippen molar-refractivity contribution in [2.75, 3.05) is 24.3 Å². The summed E-state index contributed by atoms with van der Waals surface area (Å²) in [6, 6.07) is 9.01. The van der Waals surface area contributed by atoms with E-state index in [4.69, 9.17) is 10.5 Å². The van der Waals surface area contributed by atoms with Crippen molar-refractivity contribution in [1.82, 2.24) is 0 Å². The Hall–Kier alpha value is -2.30. The second kappa shape index (κ2) is 6.43. The van der Waals surface area contributed by atoms with E-state index < -0.39 is 5.82 Å². The van der Waals surface area contributed by atoms with Crippen LogP contribution in [0.1, 0.15) is 13.3 Å². The normalized spacial score (nSPS) is 10.5. The van der Waals surface area contributed by atoms with Gasteiger partial charge in [-0.15, -0.1) is 0 Å². The third-order valence-corrected chi connectivity index (χ3v) is 3.12. The van der Waals surface area contributed by atoms with E-state index in [1.54, 1.807) is 30.1 Å². The molecule has 21 heavy (non-hydrogen) atoms. The molecule has 112 valence electrons. The summed E-state index contributed by atoms with van der Waals surface area (Å²) >= 11 is 0. The lowest BCUT2D eigenvalue weighted by atomic mass is 10.2. The number of halogens is 2. The molecule has 0 saturated carbocycles. The second-order valence-corrected chi connectivity index (χ2v) is 4.70. The highest BCUT2D eigenvalue weighted by atomic mass is 19.1. The van der Waals surface area contributed by atoms with Crippen molar-refractivity contribution in [3.63, 3.8) is 0 Å². The molecule has 0 radical (unpaired) electrons. The largest absolute Gasteiger partial charge is 0.490 e. The fourth-order valence-corrected chi connectivity index (χ4v) is 2.02. The lowest BCUT2D eigenvalue weighted by molar-refractivity contribution is 0.301. The Kier molecular flexibility index (Phi) is 4.62. The molecule has 0 aromatic heterocycles. The van der Waals surface area contributed by atoms with Crippen molar-refractivity contribution in [3.05, 3.63) is 48.0 Å². The molecule has 0 heterocycles. The minimum Gasteiger partial charge on any atom is -0.490 e. The van der Waals surface area contributed by atoms with Gasteiger partial charge in [0, 0.05) is 19.2 Å². The van der Waals surface area contributed by atoms with Crippen LogP contribution in [0.3, 0.4) is 0 Å². The predicted octanol–water partition coefficient (Wildman–Crippen LogP) is 4.10. The van der Waals surface area contributed by atoms with Gasteiger partial charge in [0.05, 0.1) is 23.7 Å². The third-order valence-electron chi connectivity index (χ3n) is 3.12. The molecule has 0 aliphatic heterocycles. The Morgan fingerprint density at radius 1 is 1.10 bits per heavy atom. The van der Waals surface area contributed by atoms with E-state index >= 15 is 0 Å². The summed E-state index contributed by atoms with van der Waals surface area (Å²) in [6.45, 7) is 2.34. The van der Waals surface area contributed by atoms with Gasteiger partial charge < -0.3 is 15.4 Å². The van der Waals surface area contributed by atoms with E-state index in [2.05, 4.69) is 0 Å². The Balaban J connectivity index is 2.41. The summed E-state index contributed by atoms with van der Waals surface area (Å²) in [5.41, 5.74) is 6.92. The molecule has 0 spiro atoms. The van der Waals surface area contributed by atoms with Crippen LogP contribution in [-0.2, 0) is 0 Å². The van der Waals surface area contributed by atoms with Gasteiger partial charge in [0.2, 0.25) is 0 Å². The Labute approximate surface area is 122 Å². The van der Waals surface area contributed by atoms with Crippen LogP contribution in [0.4, 0.5) is 25.8 Å². The number of anilines is 3. The predicted molar refractivity (Wildman–Crippen MR) is 81.1 cm³/mol. The van der Waals surface area contributed by atoms with Crippen LogP contribution in [0.25, 0.3) is 0 Å². The van der Waals surface area contributed by atoms with Gasteiger partial charge in [0.1, 0.15) is 5.82 Å². The number of nitrogens with zero attached hydrogens (tertiary/aromatic N) is 1. The Morgan fingerprint density at radius 3 is 2.48 bits per heavy atom. The maximum atomic E-state index is 13.9. The number of para-hydroxylation sites is 1. The monoisotopic (exact) mass is 292 g/mol. The van der Waals surface area contributed by atoms with Crippen molar-refractivity contribution in [3.8, 4) is 5.75 Å². The maximum absolute atomic E-state index is 13.9. The second-order valence-electron chi connectivity index (χ2n) is 4.70. The van der Waals surface area contributed by atoms with Gasteiger partial charge in [0.25, 0.3) is 0 Å². The first-order chi connectivity index (χ1) is 10.0. The van der Waals surface area contributed by atoms with E-state index in [1.165, 1.54) is 18.2 Å². The molecule has 2 N–H and O–H groups in total. The fourth-order valence-electron chi connectivity index (χ4n) is 2.02. The zero-order valence-electron chi connectivity index (χ0n) is 12.1. The molecule has 0 aliphatic carbocycles. The van der Waals surface area contributed by atoms with E-state index in [0.717, 1.165) is 6.42 Å². The first-order valence-electron chi connectivity index (χ1n) is 6.74. The third kappa shape index (κ3) is 3.24. The summed E-state index contributed by atoms with van der Waals surface area (Å²) in [5.74, 6) is -0.782. The highest BCUT2D eigenvalue weighted by molar-refractivity contribution is 5.76. The molecule has 2 aromatic carbocycles. The van der Waals surface area contributed by atoms with E-state index in [0.29, 0.717) is 18.0 Å². The summed E-state index contributed by atoms with van der Waals surface area (Å²) in [7, 11) is 1.67. The zero-order valence-corrected chi connectivity index (χ0v) is 12.1. The van der Waals surface area contributed by atoms with Crippen molar-refractivity contribution in [2.24, 2.45) is 0 Å². The average Bonchev–Trinajstić information content (AvgIpc) is 2.46. The quantitative estimate of drug-likeness (QED) is 0.843. The number of nitrogens with two attached hydrogens (primary N) is 1. The molecule has 0 saturated heterocycles.